The van der Waals surface area contributed by atoms with Crippen LogP contribution in [0, 0.1) is 5.92 Å². The maximum absolute atomic E-state index is 12.6. The van der Waals surface area contributed by atoms with Crippen LogP contribution in [0.5, 0.6) is 0 Å². The molecule has 0 saturated carbocycles. The zero-order valence-corrected chi connectivity index (χ0v) is 12.4. The molecule has 0 bridgehead atoms. The molecule has 1 saturated heterocycles. The molecule has 1 atom stereocenters. The number of carbonyl (C=O) groups is 2. The van der Waals surface area contributed by atoms with Crippen molar-refractivity contribution in [3.8, 4) is 0 Å². The van der Waals surface area contributed by atoms with Gasteiger partial charge in [-0.25, -0.2) is 0 Å². The number of nitrogens with zero attached hydrogens (tertiary/aromatic N) is 2. The summed E-state index contributed by atoms with van der Waals surface area (Å²) in [6.45, 7) is 7.74. The van der Waals surface area contributed by atoms with Crippen molar-refractivity contribution >= 4 is 11.8 Å². The normalized spacial score (nSPS) is 22.1. The van der Waals surface area contributed by atoms with Gasteiger partial charge in [-0.1, -0.05) is 19.9 Å². The topological polar surface area (TPSA) is 62.3 Å². The molecule has 1 aromatic heterocycles. The first-order chi connectivity index (χ1) is 9.34. The standard InChI is InChI=1S/C15H21N3O2/c1-10(2)12-13(19)18(15(3,4)14(20)17-12)9-11-7-5-6-8-16-11/h5-8,10,12H,9H2,1-4H3,(H,17,20). The number of amides is 2. The second-order valence-corrected chi connectivity index (χ2v) is 6.00. The lowest BCUT2D eigenvalue weighted by atomic mass is 9.91. The molecule has 5 nitrogen and oxygen atoms in total. The fraction of sp³-hybridized carbons (Fsp3) is 0.533. The zero-order chi connectivity index (χ0) is 14.9. The predicted molar refractivity (Wildman–Crippen MR) is 75.6 cm³/mol. The van der Waals surface area contributed by atoms with E-state index in [1.54, 1.807) is 24.9 Å². The number of aromatic nitrogens is 1. The molecule has 0 radical (unpaired) electrons. The predicted octanol–water partition coefficient (Wildman–Crippen LogP) is 1.34. The van der Waals surface area contributed by atoms with Gasteiger partial charge in [0.05, 0.1) is 12.2 Å². The molecule has 2 amide bonds. The van der Waals surface area contributed by atoms with Crippen LogP contribution in [0.15, 0.2) is 24.4 Å². The number of pyridine rings is 1. The average molecular weight is 275 g/mol. The van der Waals surface area contributed by atoms with Crippen LogP contribution in [0.1, 0.15) is 33.4 Å². The largest absolute Gasteiger partial charge is 0.342 e. The Hall–Kier alpha value is -1.91. The van der Waals surface area contributed by atoms with Gasteiger partial charge in [0.1, 0.15) is 11.6 Å². The third-order valence-electron chi connectivity index (χ3n) is 3.76. The Kier molecular flexibility index (Phi) is 3.79. The minimum atomic E-state index is -0.861. The van der Waals surface area contributed by atoms with Gasteiger partial charge in [-0.2, -0.15) is 0 Å². The van der Waals surface area contributed by atoms with E-state index in [9.17, 15) is 9.59 Å². The highest BCUT2D eigenvalue weighted by Gasteiger charge is 2.47. The van der Waals surface area contributed by atoms with Gasteiger partial charge in [0, 0.05) is 6.20 Å². The van der Waals surface area contributed by atoms with E-state index in [1.807, 2.05) is 32.0 Å². The molecule has 5 heteroatoms. The minimum Gasteiger partial charge on any atom is -0.342 e. The van der Waals surface area contributed by atoms with Crippen LogP contribution in [0.2, 0.25) is 0 Å². The van der Waals surface area contributed by atoms with Crippen LogP contribution < -0.4 is 5.32 Å². The number of rotatable bonds is 3. The van der Waals surface area contributed by atoms with Crippen molar-refractivity contribution in [2.45, 2.75) is 45.8 Å². The van der Waals surface area contributed by atoms with Crippen molar-refractivity contribution in [1.82, 2.24) is 15.2 Å². The van der Waals surface area contributed by atoms with Crippen LogP contribution in [-0.4, -0.2) is 33.3 Å². The first kappa shape index (κ1) is 14.5. The molecule has 1 aromatic rings. The van der Waals surface area contributed by atoms with Gasteiger partial charge in [-0.15, -0.1) is 0 Å². The van der Waals surface area contributed by atoms with Crippen LogP contribution in [-0.2, 0) is 16.1 Å². The van der Waals surface area contributed by atoms with E-state index in [0.717, 1.165) is 5.69 Å². The zero-order valence-electron chi connectivity index (χ0n) is 12.4. The quantitative estimate of drug-likeness (QED) is 0.905. The van der Waals surface area contributed by atoms with Crippen molar-refractivity contribution in [3.63, 3.8) is 0 Å². The number of carbonyl (C=O) groups excluding carboxylic acids is 2. The van der Waals surface area contributed by atoms with Crippen LogP contribution in [0.25, 0.3) is 0 Å². The highest BCUT2D eigenvalue weighted by Crippen LogP contribution is 2.25. The number of hydrogen-bond donors (Lipinski definition) is 1. The number of nitrogens with one attached hydrogen (secondary N) is 1. The first-order valence-electron chi connectivity index (χ1n) is 6.86. The second-order valence-electron chi connectivity index (χ2n) is 6.00. The molecular weight excluding hydrogens is 254 g/mol. The van der Waals surface area contributed by atoms with E-state index < -0.39 is 11.6 Å². The maximum atomic E-state index is 12.6. The molecule has 2 heterocycles. The molecule has 1 aliphatic heterocycles. The summed E-state index contributed by atoms with van der Waals surface area (Å²) in [5.74, 6) is -0.101. The Morgan fingerprint density at radius 2 is 2.05 bits per heavy atom. The van der Waals surface area contributed by atoms with Crippen molar-refractivity contribution < 1.29 is 9.59 Å². The molecule has 1 fully saturated rings. The fourth-order valence-corrected chi connectivity index (χ4v) is 2.33. The fourth-order valence-electron chi connectivity index (χ4n) is 2.33. The maximum Gasteiger partial charge on any atom is 0.246 e. The number of piperazine rings is 1. The third-order valence-corrected chi connectivity index (χ3v) is 3.76. The number of hydrogen-bond acceptors (Lipinski definition) is 3. The van der Waals surface area contributed by atoms with E-state index in [4.69, 9.17) is 0 Å². The van der Waals surface area contributed by atoms with Crippen LogP contribution in [0.4, 0.5) is 0 Å². The van der Waals surface area contributed by atoms with Crippen molar-refractivity contribution in [2.24, 2.45) is 5.92 Å². The molecule has 1 aliphatic rings. The van der Waals surface area contributed by atoms with Gasteiger partial charge < -0.3 is 10.2 Å². The first-order valence-corrected chi connectivity index (χ1v) is 6.86. The van der Waals surface area contributed by atoms with Gasteiger partial charge in [0.2, 0.25) is 11.8 Å². The van der Waals surface area contributed by atoms with Gasteiger partial charge in [0.25, 0.3) is 0 Å². The summed E-state index contributed by atoms with van der Waals surface area (Å²) in [5.41, 5.74) is -0.0777. The molecule has 20 heavy (non-hydrogen) atoms. The monoisotopic (exact) mass is 275 g/mol. The lowest BCUT2D eigenvalue weighted by molar-refractivity contribution is -0.157. The molecule has 0 aromatic carbocycles. The second kappa shape index (κ2) is 5.23. The Bertz CT molecular complexity index is 511. The van der Waals surface area contributed by atoms with Crippen LogP contribution >= 0.6 is 0 Å². The Morgan fingerprint density at radius 1 is 1.35 bits per heavy atom. The lowest BCUT2D eigenvalue weighted by Crippen LogP contribution is -2.69. The summed E-state index contributed by atoms with van der Waals surface area (Å²) in [6, 6.07) is 5.11. The van der Waals surface area contributed by atoms with E-state index in [2.05, 4.69) is 10.3 Å². The molecule has 108 valence electrons. The summed E-state index contributed by atoms with van der Waals surface area (Å²) in [5, 5.41) is 2.82. The lowest BCUT2D eigenvalue weighted by Gasteiger charge is -2.45. The molecular formula is C15H21N3O2. The molecule has 1 N–H and O–H groups in total. The average Bonchev–Trinajstić information content (AvgIpc) is 2.40. The Balaban J connectivity index is 2.30. The Morgan fingerprint density at radius 3 is 2.60 bits per heavy atom. The van der Waals surface area contributed by atoms with E-state index in [1.165, 1.54) is 0 Å². The van der Waals surface area contributed by atoms with Crippen molar-refractivity contribution in [3.05, 3.63) is 30.1 Å². The van der Waals surface area contributed by atoms with Crippen molar-refractivity contribution in [2.75, 3.05) is 0 Å². The summed E-state index contributed by atoms with van der Waals surface area (Å²) >= 11 is 0. The van der Waals surface area contributed by atoms with Crippen molar-refractivity contribution in [1.29, 1.82) is 0 Å². The van der Waals surface area contributed by atoms with Gasteiger partial charge in [-0.3, -0.25) is 14.6 Å². The van der Waals surface area contributed by atoms with Crippen LogP contribution in [0.3, 0.4) is 0 Å². The summed E-state index contributed by atoms with van der Waals surface area (Å²) in [7, 11) is 0. The minimum absolute atomic E-state index is 0.0461. The van der Waals surface area contributed by atoms with Gasteiger partial charge in [-0.05, 0) is 31.9 Å². The molecule has 0 spiro atoms. The Labute approximate surface area is 119 Å². The summed E-state index contributed by atoms with van der Waals surface area (Å²) in [4.78, 5) is 30.7. The van der Waals surface area contributed by atoms with E-state index >= 15 is 0 Å². The molecule has 1 unspecified atom stereocenters. The smallest absolute Gasteiger partial charge is 0.246 e. The summed E-state index contributed by atoms with van der Waals surface area (Å²) < 4.78 is 0. The molecule has 0 aliphatic carbocycles. The molecule has 2 rings (SSSR count). The highest BCUT2D eigenvalue weighted by atomic mass is 16.2. The SMILES string of the molecule is CC(C)C1NC(=O)C(C)(C)N(Cc2ccccn2)C1=O. The summed E-state index contributed by atoms with van der Waals surface area (Å²) in [6.07, 6.45) is 1.69. The van der Waals surface area contributed by atoms with E-state index in [0.29, 0.717) is 6.54 Å². The van der Waals surface area contributed by atoms with Gasteiger partial charge >= 0.3 is 0 Å². The van der Waals surface area contributed by atoms with E-state index in [-0.39, 0.29) is 17.7 Å². The van der Waals surface area contributed by atoms with Gasteiger partial charge in [0.15, 0.2) is 0 Å². The third kappa shape index (κ3) is 2.53. The highest BCUT2D eigenvalue weighted by molar-refractivity contribution is 5.99.